The smallest absolute Gasteiger partial charge is 0.238 e. The summed E-state index contributed by atoms with van der Waals surface area (Å²) in [5.74, 6) is 0. The molecule has 0 radical (unpaired) electrons. The summed E-state index contributed by atoms with van der Waals surface area (Å²) in [5.41, 5.74) is -6.18. The second-order valence-electron chi connectivity index (χ2n) is 2.40. The monoisotopic (exact) mass is 210 g/mol. The number of alkyl halides is 3. The molecule has 10 heavy (non-hydrogen) atoms. The normalized spacial score (nSPS) is 14.4. The van der Waals surface area contributed by atoms with Gasteiger partial charge in [-0.1, -0.05) is 0 Å². The number of hydrogen-bond acceptors (Lipinski definition) is 0. The topological polar surface area (TPSA) is 0 Å². The van der Waals surface area contributed by atoms with Crippen molar-refractivity contribution in [1.29, 1.82) is 0 Å². The predicted octanol–water partition coefficient (Wildman–Crippen LogP) is 2.61. The largest absolute Gasteiger partial charge is 0.317 e. The highest BCUT2D eigenvalue weighted by atomic mass is 35.7. The highest BCUT2D eigenvalue weighted by Crippen LogP contribution is 2.36. The van der Waals surface area contributed by atoms with Gasteiger partial charge in [0.2, 0.25) is 0 Å². The molecular formula is C4H7Cl2F3Si. The van der Waals surface area contributed by atoms with Crippen LogP contribution in [0.15, 0.2) is 0 Å². The lowest BCUT2D eigenvalue weighted by Gasteiger charge is -2.26. The van der Waals surface area contributed by atoms with E-state index < -0.39 is 18.6 Å². The van der Waals surface area contributed by atoms with E-state index in [4.69, 9.17) is 22.2 Å². The van der Waals surface area contributed by atoms with Crippen LogP contribution in [0.3, 0.4) is 0 Å². The maximum absolute atomic E-state index is 12.5. The molecule has 0 amide bonds. The third kappa shape index (κ3) is 2.03. The van der Waals surface area contributed by atoms with E-state index in [1.807, 2.05) is 0 Å². The minimum absolute atomic E-state index is 0.762. The summed E-state index contributed by atoms with van der Waals surface area (Å²) in [4.78, 5) is 0. The molecule has 0 heterocycles. The summed E-state index contributed by atoms with van der Waals surface area (Å²) in [7, 11) is -3.27. The second-order valence-corrected chi connectivity index (χ2v) is 7.01. The van der Waals surface area contributed by atoms with Gasteiger partial charge in [0, 0.05) is 0 Å². The maximum atomic E-state index is 12.5. The van der Waals surface area contributed by atoms with Crippen LogP contribution in [0.5, 0.6) is 0 Å². The Hall–Kier alpha value is 0.587. The van der Waals surface area contributed by atoms with E-state index in [9.17, 15) is 13.2 Å². The molecule has 0 saturated carbocycles. The van der Waals surface area contributed by atoms with E-state index in [1.165, 1.54) is 0 Å². The zero-order chi connectivity index (χ0) is 8.58. The molecule has 0 saturated heterocycles. The van der Waals surface area contributed by atoms with Crippen molar-refractivity contribution in [3.63, 3.8) is 0 Å². The van der Waals surface area contributed by atoms with Crippen LogP contribution in [0.2, 0.25) is 0 Å². The van der Waals surface area contributed by atoms with Crippen LogP contribution in [-0.4, -0.2) is 18.6 Å². The SMILES string of the molecule is CC(C)(F)C(F)(F)[SiH](Cl)Cl. The average molecular weight is 211 g/mol. The zero-order valence-electron chi connectivity index (χ0n) is 5.47. The molecule has 0 nitrogen and oxygen atoms in total. The Morgan fingerprint density at radius 2 is 1.40 bits per heavy atom. The second kappa shape index (κ2) is 2.91. The Balaban J connectivity index is 4.40. The molecule has 0 aliphatic heterocycles. The molecule has 0 fully saturated rings. The first kappa shape index (κ1) is 10.6. The van der Waals surface area contributed by atoms with Crippen LogP contribution < -0.4 is 0 Å². The molecule has 0 N–H and O–H groups in total. The Bertz CT molecular complexity index is 120. The van der Waals surface area contributed by atoms with Gasteiger partial charge >= 0.3 is 7.42 Å². The van der Waals surface area contributed by atoms with Gasteiger partial charge in [-0.25, -0.2) is 13.2 Å². The van der Waals surface area contributed by atoms with Crippen LogP contribution >= 0.6 is 22.2 Å². The highest BCUT2D eigenvalue weighted by molar-refractivity contribution is 7.34. The molecule has 0 unspecified atom stereocenters. The van der Waals surface area contributed by atoms with Gasteiger partial charge in [0.1, 0.15) is 0 Å². The fourth-order valence-electron chi connectivity index (χ4n) is 0.259. The lowest BCUT2D eigenvalue weighted by Crippen LogP contribution is -2.46. The van der Waals surface area contributed by atoms with Crippen molar-refractivity contribution >= 4 is 29.6 Å². The Kier molecular flexibility index (Phi) is 3.08. The van der Waals surface area contributed by atoms with Gasteiger partial charge in [-0.2, -0.15) is 0 Å². The Labute approximate surface area is 68.3 Å². The van der Waals surface area contributed by atoms with Crippen molar-refractivity contribution < 1.29 is 13.2 Å². The summed E-state index contributed by atoms with van der Waals surface area (Å²) < 4.78 is 37.5. The van der Waals surface area contributed by atoms with Crippen LogP contribution in [0, 0.1) is 0 Å². The zero-order valence-corrected chi connectivity index (χ0v) is 8.13. The van der Waals surface area contributed by atoms with Crippen molar-refractivity contribution in [2.24, 2.45) is 0 Å². The van der Waals surface area contributed by atoms with Crippen LogP contribution in [0.1, 0.15) is 13.8 Å². The first-order chi connectivity index (χ1) is 4.19. The minimum Gasteiger partial charge on any atom is -0.238 e. The summed E-state index contributed by atoms with van der Waals surface area (Å²) in [5, 5.41) is 0. The fourth-order valence-corrected chi connectivity index (χ4v) is 2.34. The van der Waals surface area contributed by atoms with Crippen molar-refractivity contribution in [1.82, 2.24) is 0 Å². The number of hydrogen-bond donors (Lipinski definition) is 0. The average Bonchev–Trinajstić information content (AvgIpc) is 1.62. The summed E-state index contributed by atoms with van der Waals surface area (Å²) >= 11 is 9.94. The van der Waals surface area contributed by atoms with Crippen molar-refractivity contribution in [3.05, 3.63) is 0 Å². The lowest BCUT2D eigenvalue weighted by molar-refractivity contribution is -0.0516. The molecule has 0 aromatic carbocycles. The van der Waals surface area contributed by atoms with E-state index in [0.29, 0.717) is 0 Å². The summed E-state index contributed by atoms with van der Waals surface area (Å²) in [6, 6.07) is 0. The molecule has 0 aliphatic carbocycles. The van der Waals surface area contributed by atoms with Gasteiger partial charge in [-0.15, -0.1) is 22.2 Å². The molecule has 0 bridgehead atoms. The van der Waals surface area contributed by atoms with Gasteiger partial charge in [-0.3, -0.25) is 0 Å². The summed E-state index contributed by atoms with van der Waals surface area (Å²) in [6.07, 6.45) is 0. The Morgan fingerprint density at radius 3 is 1.40 bits per heavy atom. The number of halogens is 5. The first-order valence-corrected chi connectivity index (χ1v) is 6.61. The van der Waals surface area contributed by atoms with E-state index >= 15 is 0 Å². The molecular weight excluding hydrogens is 204 g/mol. The first-order valence-electron chi connectivity index (χ1n) is 2.54. The third-order valence-electron chi connectivity index (χ3n) is 1.07. The van der Waals surface area contributed by atoms with E-state index in [1.54, 1.807) is 0 Å². The van der Waals surface area contributed by atoms with E-state index in [0.717, 1.165) is 13.8 Å². The molecule has 0 rings (SSSR count). The molecule has 0 aromatic heterocycles. The van der Waals surface area contributed by atoms with Crippen LogP contribution in [0.4, 0.5) is 13.2 Å². The van der Waals surface area contributed by atoms with Crippen LogP contribution in [-0.2, 0) is 0 Å². The van der Waals surface area contributed by atoms with Gasteiger partial charge < -0.3 is 0 Å². The predicted molar refractivity (Wildman–Crippen MR) is 39.0 cm³/mol. The fraction of sp³-hybridized carbons (Fsp3) is 1.00. The number of rotatable bonds is 2. The van der Waals surface area contributed by atoms with E-state index in [2.05, 4.69) is 0 Å². The maximum Gasteiger partial charge on any atom is 0.317 e. The van der Waals surface area contributed by atoms with Gasteiger partial charge in [-0.05, 0) is 13.8 Å². The van der Waals surface area contributed by atoms with Gasteiger partial charge in [0.25, 0.3) is 5.55 Å². The van der Waals surface area contributed by atoms with Crippen molar-refractivity contribution in [3.8, 4) is 0 Å². The van der Waals surface area contributed by atoms with E-state index in [-0.39, 0.29) is 0 Å². The Morgan fingerprint density at radius 1 is 1.10 bits per heavy atom. The molecule has 0 spiro atoms. The molecule has 0 aromatic rings. The molecule has 0 aliphatic rings. The molecule has 6 heteroatoms. The van der Waals surface area contributed by atoms with Crippen molar-refractivity contribution in [2.45, 2.75) is 25.1 Å². The van der Waals surface area contributed by atoms with Crippen molar-refractivity contribution in [2.75, 3.05) is 0 Å². The van der Waals surface area contributed by atoms with Gasteiger partial charge in [0.05, 0.1) is 0 Å². The minimum atomic E-state index is -3.56. The summed E-state index contributed by atoms with van der Waals surface area (Å²) in [6.45, 7) is 1.52. The molecule has 0 atom stereocenters. The lowest BCUT2D eigenvalue weighted by atomic mass is 10.2. The van der Waals surface area contributed by atoms with Crippen LogP contribution in [0.25, 0.3) is 0 Å². The molecule has 62 valence electrons. The highest BCUT2D eigenvalue weighted by Gasteiger charge is 2.53. The third-order valence-corrected chi connectivity index (χ3v) is 3.95. The standard InChI is InChI=1S/C4H7Cl2F3Si/c1-3(2,7)4(8,9)10(5)6/h10H,1-2H3. The van der Waals surface area contributed by atoms with Gasteiger partial charge in [0.15, 0.2) is 5.67 Å². The quantitative estimate of drug-likeness (QED) is 0.486.